The number of nitrogens with one attached hydrogen (secondary N) is 1. The van der Waals surface area contributed by atoms with Gasteiger partial charge in [0.15, 0.2) is 0 Å². The minimum Gasteiger partial charge on any atom is -0.346 e. The molecule has 2 rings (SSSR count). The van der Waals surface area contributed by atoms with E-state index >= 15 is 0 Å². The van der Waals surface area contributed by atoms with E-state index in [0.717, 1.165) is 22.4 Å². The maximum atomic E-state index is 9.48. The number of aryl methyl sites for hydroxylation is 1. The van der Waals surface area contributed by atoms with Crippen LogP contribution in [-0.2, 0) is 0 Å². The molecule has 74 valence electrons. The van der Waals surface area contributed by atoms with E-state index in [1.807, 2.05) is 32.0 Å². The molecule has 3 nitrogen and oxygen atoms in total. The summed E-state index contributed by atoms with van der Waals surface area (Å²) >= 11 is 0. The summed E-state index contributed by atoms with van der Waals surface area (Å²) in [5.41, 5.74) is 3.68. The molecule has 1 aliphatic heterocycles. The Labute approximate surface area is 82.7 Å². The molecular formula is C11H13NO2. The van der Waals surface area contributed by atoms with E-state index < -0.39 is 5.91 Å². The van der Waals surface area contributed by atoms with Crippen LogP contribution in [0.3, 0.4) is 0 Å². The Morgan fingerprint density at radius 3 is 2.64 bits per heavy atom. The first-order valence-electron chi connectivity index (χ1n) is 4.52. The van der Waals surface area contributed by atoms with Crippen LogP contribution in [0.2, 0.25) is 0 Å². The summed E-state index contributed by atoms with van der Waals surface area (Å²) in [6, 6.07) is 5.84. The van der Waals surface area contributed by atoms with Crippen molar-refractivity contribution in [2.24, 2.45) is 0 Å². The number of hydrogen-bond donors (Lipinski definition) is 3. The molecule has 1 aliphatic rings. The van der Waals surface area contributed by atoms with Crippen LogP contribution in [0, 0.1) is 6.92 Å². The van der Waals surface area contributed by atoms with Crippen LogP contribution in [0.25, 0.3) is 5.57 Å². The van der Waals surface area contributed by atoms with Gasteiger partial charge in [0.25, 0.3) is 5.91 Å². The lowest BCUT2D eigenvalue weighted by Crippen LogP contribution is -2.38. The highest BCUT2D eigenvalue weighted by Crippen LogP contribution is 2.33. The molecule has 3 heteroatoms. The molecule has 0 bridgehead atoms. The van der Waals surface area contributed by atoms with Crippen LogP contribution in [0.15, 0.2) is 24.3 Å². The first-order chi connectivity index (χ1) is 6.49. The number of benzene rings is 1. The van der Waals surface area contributed by atoms with Crippen LogP contribution >= 0.6 is 0 Å². The average molecular weight is 191 g/mol. The lowest BCUT2D eigenvalue weighted by Gasteiger charge is -2.29. The fourth-order valence-corrected chi connectivity index (χ4v) is 1.76. The highest BCUT2D eigenvalue weighted by Gasteiger charge is 2.27. The van der Waals surface area contributed by atoms with Gasteiger partial charge in [-0.05, 0) is 25.0 Å². The van der Waals surface area contributed by atoms with Crippen LogP contribution in [0.1, 0.15) is 18.1 Å². The first-order valence-corrected chi connectivity index (χ1v) is 4.52. The Kier molecular flexibility index (Phi) is 1.87. The molecule has 1 aromatic carbocycles. The standard InChI is InChI=1S/C11H13NO2/c1-7-4-3-5-9-8(2)6-11(13,14)12-10(7)9/h3-6,12-14H,1-2H3. The van der Waals surface area contributed by atoms with Crippen LogP contribution < -0.4 is 5.32 Å². The van der Waals surface area contributed by atoms with Gasteiger partial charge in [-0.1, -0.05) is 18.2 Å². The smallest absolute Gasteiger partial charge is 0.266 e. The quantitative estimate of drug-likeness (QED) is 0.544. The van der Waals surface area contributed by atoms with Crippen LogP contribution in [0.5, 0.6) is 0 Å². The average Bonchev–Trinajstić information content (AvgIpc) is 2.05. The van der Waals surface area contributed by atoms with E-state index in [2.05, 4.69) is 5.32 Å². The zero-order valence-corrected chi connectivity index (χ0v) is 8.20. The van der Waals surface area contributed by atoms with Gasteiger partial charge in [-0.3, -0.25) is 0 Å². The number of allylic oxidation sites excluding steroid dienone is 1. The van der Waals surface area contributed by atoms with Gasteiger partial charge in [0.2, 0.25) is 0 Å². The van der Waals surface area contributed by atoms with Gasteiger partial charge in [-0.2, -0.15) is 0 Å². The van der Waals surface area contributed by atoms with Gasteiger partial charge in [-0.25, -0.2) is 0 Å². The molecule has 0 amide bonds. The van der Waals surface area contributed by atoms with E-state index in [4.69, 9.17) is 0 Å². The van der Waals surface area contributed by atoms with Crippen LogP contribution in [-0.4, -0.2) is 16.1 Å². The molecule has 0 fully saturated rings. The molecule has 1 aromatic rings. The van der Waals surface area contributed by atoms with Gasteiger partial charge in [0.1, 0.15) is 0 Å². The molecule has 0 saturated heterocycles. The molecule has 0 aromatic heterocycles. The fourth-order valence-electron chi connectivity index (χ4n) is 1.76. The van der Waals surface area contributed by atoms with E-state index in [-0.39, 0.29) is 0 Å². The molecule has 0 unspecified atom stereocenters. The fraction of sp³-hybridized carbons (Fsp3) is 0.273. The number of anilines is 1. The summed E-state index contributed by atoms with van der Waals surface area (Å²) in [6.45, 7) is 3.79. The maximum absolute atomic E-state index is 9.48. The third-order valence-corrected chi connectivity index (χ3v) is 2.42. The molecule has 14 heavy (non-hydrogen) atoms. The second-order valence-corrected chi connectivity index (χ2v) is 3.68. The van der Waals surface area contributed by atoms with E-state index in [0.29, 0.717) is 0 Å². The minimum absolute atomic E-state index is 0.789. The third kappa shape index (κ3) is 1.41. The molecule has 0 radical (unpaired) electrons. The Hall–Kier alpha value is -1.32. The number of rotatable bonds is 0. The SMILES string of the molecule is CC1=CC(O)(O)Nc2c(C)cccc21. The van der Waals surface area contributed by atoms with Gasteiger partial charge >= 0.3 is 0 Å². The number of para-hydroxylation sites is 1. The predicted octanol–water partition coefficient (Wildman–Crippen LogP) is 1.46. The lowest BCUT2D eigenvalue weighted by atomic mass is 9.97. The Bertz CT molecular complexity index is 408. The molecular weight excluding hydrogens is 178 g/mol. The molecule has 0 saturated carbocycles. The Morgan fingerprint density at radius 1 is 1.21 bits per heavy atom. The van der Waals surface area contributed by atoms with Crippen molar-refractivity contribution in [3.8, 4) is 0 Å². The van der Waals surface area contributed by atoms with Gasteiger partial charge < -0.3 is 15.5 Å². The summed E-state index contributed by atoms with van der Waals surface area (Å²) < 4.78 is 0. The minimum atomic E-state index is -1.93. The van der Waals surface area contributed by atoms with E-state index in [1.54, 1.807) is 0 Å². The van der Waals surface area contributed by atoms with Crippen molar-refractivity contribution < 1.29 is 10.2 Å². The van der Waals surface area contributed by atoms with Crippen LogP contribution in [0.4, 0.5) is 5.69 Å². The molecule has 0 atom stereocenters. The van der Waals surface area contributed by atoms with Crippen molar-refractivity contribution in [2.75, 3.05) is 5.32 Å². The third-order valence-electron chi connectivity index (χ3n) is 2.42. The summed E-state index contributed by atoms with van der Waals surface area (Å²) in [6.07, 6.45) is 1.40. The summed E-state index contributed by atoms with van der Waals surface area (Å²) in [7, 11) is 0. The highest BCUT2D eigenvalue weighted by atomic mass is 16.5. The first kappa shape index (κ1) is 9.24. The van der Waals surface area contributed by atoms with E-state index in [9.17, 15) is 10.2 Å². The second-order valence-electron chi connectivity index (χ2n) is 3.68. The number of hydrogen-bond acceptors (Lipinski definition) is 3. The summed E-state index contributed by atoms with van der Waals surface area (Å²) in [4.78, 5) is 0. The molecule has 1 heterocycles. The molecule has 0 spiro atoms. The van der Waals surface area contributed by atoms with Crippen molar-refractivity contribution in [1.29, 1.82) is 0 Å². The summed E-state index contributed by atoms with van der Waals surface area (Å²) in [5.74, 6) is -1.93. The van der Waals surface area contributed by atoms with Crippen molar-refractivity contribution in [2.45, 2.75) is 19.8 Å². The number of fused-ring (bicyclic) bond motifs is 1. The Balaban J connectivity index is 2.62. The zero-order valence-electron chi connectivity index (χ0n) is 8.20. The predicted molar refractivity (Wildman–Crippen MR) is 55.6 cm³/mol. The van der Waals surface area contributed by atoms with E-state index in [1.165, 1.54) is 6.08 Å². The largest absolute Gasteiger partial charge is 0.346 e. The Morgan fingerprint density at radius 2 is 1.93 bits per heavy atom. The zero-order chi connectivity index (χ0) is 10.3. The van der Waals surface area contributed by atoms with Gasteiger partial charge in [-0.15, -0.1) is 0 Å². The van der Waals surface area contributed by atoms with Gasteiger partial charge in [0.05, 0.1) is 0 Å². The van der Waals surface area contributed by atoms with Gasteiger partial charge in [0, 0.05) is 17.3 Å². The molecule has 0 aliphatic carbocycles. The lowest BCUT2D eigenvalue weighted by molar-refractivity contribution is -0.0922. The molecule has 3 N–H and O–H groups in total. The summed E-state index contributed by atoms with van der Waals surface area (Å²) in [5, 5.41) is 21.6. The van der Waals surface area contributed by atoms with Crippen molar-refractivity contribution in [3.63, 3.8) is 0 Å². The second kappa shape index (κ2) is 2.83. The van der Waals surface area contributed by atoms with Crippen molar-refractivity contribution >= 4 is 11.3 Å². The topological polar surface area (TPSA) is 52.5 Å². The maximum Gasteiger partial charge on any atom is 0.266 e. The normalized spacial score (nSPS) is 18.1. The number of aliphatic hydroxyl groups is 2. The monoisotopic (exact) mass is 191 g/mol. The van der Waals surface area contributed by atoms with Crippen molar-refractivity contribution in [3.05, 3.63) is 35.4 Å². The van der Waals surface area contributed by atoms with Crippen molar-refractivity contribution in [1.82, 2.24) is 0 Å². The highest BCUT2D eigenvalue weighted by molar-refractivity contribution is 5.81.